The van der Waals surface area contributed by atoms with Crippen LogP contribution in [-0.2, 0) is 11.3 Å². The Balaban J connectivity index is 2.47. The summed E-state index contributed by atoms with van der Waals surface area (Å²) >= 11 is 5.34. The fourth-order valence-corrected chi connectivity index (χ4v) is 2.94. The molecule has 1 aromatic rings. The van der Waals surface area contributed by atoms with E-state index < -0.39 is 0 Å². The fourth-order valence-electron chi connectivity index (χ4n) is 2.18. The molecule has 1 aromatic carbocycles. The van der Waals surface area contributed by atoms with Crippen molar-refractivity contribution in [1.82, 2.24) is 15.5 Å². The molecular formula is C19H31BrN4OS. The largest absolute Gasteiger partial charge is 0.356 e. The molecule has 1 rings (SSSR count). The number of halogens is 1. The molecule has 0 aliphatic heterocycles. The number of nitrogens with zero attached hydrogens (tertiary/aromatic N) is 2. The third-order valence-corrected chi connectivity index (χ3v) is 5.03. The Bertz CT molecular complexity index is 549. The minimum atomic E-state index is 0.0280. The Labute approximate surface area is 170 Å². The van der Waals surface area contributed by atoms with Crippen LogP contribution in [0.2, 0.25) is 0 Å². The van der Waals surface area contributed by atoms with E-state index in [0.717, 1.165) is 23.0 Å². The number of benzene rings is 1. The Kier molecular flexibility index (Phi) is 12.2. The van der Waals surface area contributed by atoms with E-state index >= 15 is 0 Å². The van der Waals surface area contributed by atoms with Gasteiger partial charge in [0.1, 0.15) is 0 Å². The number of aliphatic imine (C=N–C) groups is 1. The number of likely N-dealkylation sites (N-methyl/N-ethyl adjacent to an activating group) is 1. The molecule has 0 aliphatic carbocycles. The van der Waals surface area contributed by atoms with Crippen molar-refractivity contribution in [2.24, 2.45) is 4.99 Å². The van der Waals surface area contributed by atoms with Crippen molar-refractivity contribution in [1.29, 1.82) is 0 Å². The maximum absolute atomic E-state index is 11.8. The SMILES string of the molecule is CSCCCCCCNC(=NCc1ccc(Br)cc1)NCC(=O)N(C)C. The lowest BCUT2D eigenvalue weighted by atomic mass is 10.2. The lowest BCUT2D eigenvalue weighted by Crippen LogP contribution is -2.43. The molecule has 0 atom stereocenters. The highest BCUT2D eigenvalue weighted by Gasteiger charge is 2.05. The van der Waals surface area contributed by atoms with Gasteiger partial charge in [-0.1, -0.05) is 40.9 Å². The fraction of sp³-hybridized carbons (Fsp3) is 0.579. The van der Waals surface area contributed by atoms with Crippen LogP contribution in [0, 0.1) is 0 Å². The van der Waals surface area contributed by atoms with Gasteiger partial charge in [0.25, 0.3) is 0 Å². The van der Waals surface area contributed by atoms with Crippen LogP contribution in [0.1, 0.15) is 31.2 Å². The predicted octanol–water partition coefficient (Wildman–Crippen LogP) is 3.50. The molecule has 0 aromatic heterocycles. The van der Waals surface area contributed by atoms with Crippen LogP contribution in [0.5, 0.6) is 0 Å². The molecule has 0 aliphatic rings. The number of hydrogen-bond donors (Lipinski definition) is 2. The summed E-state index contributed by atoms with van der Waals surface area (Å²) in [6, 6.07) is 8.11. The highest BCUT2D eigenvalue weighted by molar-refractivity contribution is 9.10. The number of unbranched alkanes of at least 4 members (excludes halogenated alkanes) is 3. The van der Waals surface area contributed by atoms with Crippen LogP contribution in [0.15, 0.2) is 33.7 Å². The normalized spacial score (nSPS) is 11.3. The number of thioether (sulfide) groups is 1. The van der Waals surface area contributed by atoms with Crippen molar-refractivity contribution in [3.05, 3.63) is 34.3 Å². The van der Waals surface area contributed by atoms with Crippen molar-refractivity contribution >= 4 is 39.6 Å². The molecule has 1 amide bonds. The van der Waals surface area contributed by atoms with Crippen molar-refractivity contribution in [3.63, 3.8) is 0 Å². The van der Waals surface area contributed by atoms with Gasteiger partial charge in [-0.2, -0.15) is 11.8 Å². The Hall–Kier alpha value is -1.21. The van der Waals surface area contributed by atoms with Crippen molar-refractivity contribution in [2.75, 3.05) is 39.2 Å². The summed E-state index contributed by atoms with van der Waals surface area (Å²) in [5.74, 6) is 1.95. The zero-order chi connectivity index (χ0) is 19.2. The second kappa shape index (κ2) is 13.9. The van der Waals surface area contributed by atoms with Gasteiger partial charge >= 0.3 is 0 Å². The maximum atomic E-state index is 11.8. The van der Waals surface area contributed by atoms with E-state index in [9.17, 15) is 4.79 Å². The maximum Gasteiger partial charge on any atom is 0.241 e. The van der Waals surface area contributed by atoms with Crippen LogP contribution in [0.3, 0.4) is 0 Å². The van der Waals surface area contributed by atoms with E-state index in [1.54, 1.807) is 19.0 Å². The van der Waals surface area contributed by atoms with Crippen molar-refractivity contribution in [3.8, 4) is 0 Å². The molecule has 5 nitrogen and oxygen atoms in total. The number of amides is 1. The third-order valence-electron chi connectivity index (χ3n) is 3.81. The van der Waals surface area contributed by atoms with Gasteiger partial charge in [0.05, 0.1) is 13.1 Å². The Morgan fingerprint density at radius 1 is 1.12 bits per heavy atom. The molecule has 0 heterocycles. The highest BCUT2D eigenvalue weighted by Crippen LogP contribution is 2.11. The zero-order valence-electron chi connectivity index (χ0n) is 16.1. The van der Waals surface area contributed by atoms with Gasteiger partial charge in [-0.05, 0) is 42.5 Å². The van der Waals surface area contributed by atoms with Crippen LogP contribution < -0.4 is 10.6 Å². The van der Waals surface area contributed by atoms with Gasteiger partial charge in [0.2, 0.25) is 5.91 Å². The quantitative estimate of drug-likeness (QED) is 0.312. The topological polar surface area (TPSA) is 56.7 Å². The number of carbonyl (C=O) groups is 1. The molecule has 0 radical (unpaired) electrons. The van der Waals surface area contributed by atoms with Crippen LogP contribution in [0.25, 0.3) is 0 Å². The minimum absolute atomic E-state index is 0.0280. The summed E-state index contributed by atoms with van der Waals surface area (Å²) in [5.41, 5.74) is 1.13. The van der Waals surface area contributed by atoms with E-state index in [-0.39, 0.29) is 12.5 Å². The second-order valence-electron chi connectivity index (χ2n) is 6.27. The molecule has 2 N–H and O–H groups in total. The van der Waals surface area contributed by atoms with Crippen LogP contribution in [-0.4, -0.2) is 56.0 Å². The molecule has 0 bridgehead atoms. The van der Waals surface area contributed by atoms with Crippen molar-refractivity contribution < 1.29 is 4.79 Å². The van der Waals surface area contributed by atoms with Gasteiger partial charge in [-0.25, -0.2) is 4.99 Å². The summed E-state index contributed by atoms with van der Waals surface area (Å²) < 4.78 is 1.06. The van der Waals surface area contributed by atoms with E-state index in [4.69, 9.17) is 0 Å². The van der Waals surface area contributed by atoms with Crippen LogP contribution in [0.4, 0.5) is 0 Å². The number of hydrogen-bond acceptors (Lipinski definition) is 3. The molecule has 7 heteroatoms. The molecule has 0 fully saturated rings. The van der Waals surface area contributed by atoms with E-state index in [0.29, 0.717) is 12.5 Å². The Morgan fingerprint density at radius 3 is 2.46 bits per heavy atom. The van der Waals surface area contributed by atoms with E-state index in [1.807, 2.05) is 36.0 Å². The summed E-state index contributed by atoms with van der Waals surface area (Å²) in [7, 11) is 3.51. The lowest BCUT2D eigenvalue weighted by molar-refractivity contribution is -0.127. The first-order chi connectivity index (χ1) is 12.5. The minimum Gasteiger partial charge on any atom is -0.356 e. The average molecular weight is 443 g/mol. The molecule has 146 valence electrons. The average Bonchev–Trinajstić information content (AvgIpc) is 2.63. The summed E-state index contributed by atoms with van der Waals surface area (Å²) in [6.45, 7) is 1.68. The molecule has 0 unspecified atom stereocenters. The number of rotatable bonds is 11. The molecule has 0 saturated carbocycles. The molecule has 26 heavy (non-hydrogen) atoms. The van der Waals surface area contributed by atoms with Gasteiger partial charge in [0.15, 0.2) is 5.96 Å². The first-order valence-corrected chi connectivity index (χ1v) is 11.2. The number of guanidine groups is 1. The smallest absolute Gasteiger partial charge is 0.241 e. The van der Waals surface area contributed by atoms with Crippen LogP contribution >= 0.6 is 27.7 Å². The zero-order valence-corrected chi connectivity index (χ0v) is 18.5. The third kappa shape index (κ3) is 10.7. The molecular weight excluding hydrogens is 412 g/mol. The van der Waals surface area contributed by atoms with Gasteiger partial charge in [0, 0.05) is 25.1 Å². The number of carbonyl (C=O) groups excluding carboxylic acids is 1. The monoisotopic (exact) mass is 442 g/mol. The lowest BCUT2D eigenvalue weighted by Gasteiger charge is -2.15. The summed E-state index contributed by atoms with van der Waals surface area (Å²) in [6.07, 6.45) is 7.01. The predicted molar refractivity (Wildman–Crippen MR) is 117 cm³/mol. The summed E-state index contributed by atoms with van der Waals surface area (Å²) in [5, 5.41) is 6.47. The summed E-state index contributed by atoms with van der Waals surface area (Å²) in [4.78, 5) is 18.0. The van der Waals surface area contributed by atoms with Gasteiger partial charge < -0.3 is 15.5 Å². The number of nitrogens with one attached hydrogen (secondary N) is 2. The Morgan fingerprint density at radius 2 is 1.81 bits per heavy atom. The molecule has 0 saturated heterocycles. The van der Waals surface area contributed by atoms with Crippen molar-refractivity contribution in [2.45, 2.75) is 32.2 Å². The second-order valence-corrected chi connectivity index (χ2v) is 8.17. The van der Waals surface area contributed by atoms with E-state index in [1.165, 1.54) is 25.0 Å². The van der Waals surface area contributed by atoms with E-state index in [2.05, 4.69) is 37.8 Å². The first-order valence-electron chi connectivity index (χ1n) is 8.98. The standard InChI is InChI=1S/C19H31BrN4OS/c1-24(2)18(25)15-23-19(21-12-6-4-5-7-13-26-3)22-14-16-8-10-17(20)11-9-16/h8-11H,4-7,12-15H2,1-3H3,(H2,21,22,23). The highest BCUT2D eigenvalue weighted by atomic mass is 79.9. The van der Waals surface area contributed by atoms with Gasteiger partial charge in [-0.3, -0.25) is 4.79 Å². The first kappa shape index (κ1) is 22.8. The molecule has 0 spiro atoms. The van der Waals surface area contributed by atoms with Gasteiger partial charge in [-0.15, -0.1) is 0 Å².